The predicted molar refractivity (Wildman–Crippen MR) is 95.3 cm³/mol. The van der Waals surface area contributed by atoms with E-state index < -0.39 is 5.37 Å². The number of nitrogens with zero attached hydrogens (tertiary/aromatic N) is 1. The number of rotatable bonds is 3. The third kappa shape index (κ3) is 3.21. The first-order valence-corrected chi connectivity index (χ1v) is 8.35. The van der Waals surface area contributed by atoms with Gasteiger partial charge in [-0.25, -0.2) is 4.90 Å². The van der Waals surface area contributed by atoms with E-state index in [4.69, 9.17) is 11.6 Å². The van der Waals surface area contributed by atoms with Crippen LogP contribution in [0.25, 0.3) is 0 Å². The molecule has 0 bridgehead atoms. The maximum Gasteiger partial charge on any atom is 0.295 e. The Bertz CT molecular complexity index is 794. The molecule has 6 heteroatoms. The van der Waals surface area contributed by atoms with Gasteiger partial charge in [0.05, 0.1) is 5.69 Å². The monoisotopic (exact) mass is 346 g/mol. The molecule has 3 rings (SSSR count). The molecule has 2 aromatic rings. The van der Waals surface area contributed by atoms with E-state index >= 15 is 0 Å². The fraction of sp³-hybridized carbons (Fsp3) is 0.176. The number of amides is 2. The fourth-order valence-corrected chi connectivity index (χ4v) is 3.42. The summed E-state index contributed by atoms with van der Waals surface area (Å²) in [5, 5.41) is 2.76. The van der Waals surface area contributed by atoms with E-state index in [1.165, 1.54) is 4.90 Å². The second kappa shape index (κ2) is 6.26. The third-order valence-electron chi connectivity index (χ3n) is 3.58. The minimum Gasteiger partial charge on any atom is -0.365 e. The molecule has 1 aliphatic rings. The molecule has 1 aliphatic heterocycles. The molecule has 0 spiro atoms. The number of imide groups is 1. The van der Waals surface area contributed by atoms with Gasteiger partial charge in [0.2, 0.25) is 0 Å². The van der Waals surface area contributed by atoms with Crippen molar-refractivity contribution in [2.45, 2.75) is 19.2 Å². The number of aryl methyl sites for hydroxylation is 2. The van der Waals surface area contributed by atoms with E-state index in [1.54, 1.807) is 12.1 Å². The molecule has 23 heavy (non-hydrogen) atoms. The number of hydrogen-bond acceptors (Lipinski definition) is 4. The van der Waals surface area contributed by atoms with Crippen molar-refractivity contribution in [1.82, 2.24) is 0 Å². The first-order chi connectivity index (χ1) is 11.0. The topological polar surface area (TPSA) is 49.4 Å². The summed E-state index contributed by atoms with van der Waals surface area (Å²) in [6, 6.07) is 12.8. The fourth-order valence-electron chi connectivity index (χ4n) is 2.34. The highest BCUT2D eigenvalue weighted by Gasteiger charge is 2.40. The summed E-state index contributed by atoms with van der Waals surface area (Å²) >= 11 is 7.07. The van der Waals surface area contributed by atoms with Crippen LogP contribution in [-0.4, -0.2) is 16.5 Å². The molecule has 0 saturated carbocycles. The van der Waals surface area contributed by atoms with Crippen LogP contribution < -0.4 is 10.2 Å². The molecule has 4 nitrogen and oxygen atoms in total. The molecule has 2 aromatic carbocycles. The summed E-state index contributed by atoms with van der Waals surface area (Å²) in [5.41, 5.74) is 3.26. The molecule has 1 unspecified atom stereocenters. The maximum absolute atomic E-state index is 12.6. The number of nitrogens with one attached hydrogen (secondary N) is 1. The molecule has 1 saturated heterocycles. The Balaban J connectivity index is 1.82. The largest absolute Gasteiger partial charge is 0.365 e. The summed E-state index contributed by atoms with van der Waals surface area (Å²) in [7, 11) is 0. The van der Waals surface area contributed by atoms with Gasteiger partial charge in [0.1, 0.15) is 0 Å². The van der Waals surface area contributed by atoms with Gasteiger partial charge < -0.3 is 5.32 Å². The second-order valence-electron chi connectivity index (χ2n) is 5.38. The zero-order chi connectivity index (χ0) is 16.6. The van der Waals surface area contributed by atoms with Gasteiger partial charge in [-0.05, 0) is 61.0 Å². The lowest BCUT2D eigenvalue weighted by Crippen LogP contribution is -2.34. The second-order valence-corrected chi connectivity index (χ2v) is 6.85. The van der Waals surface area contributed by atoms with Crippen LogP contribution in [0.3, 0.4) is 0 Å². The molecule has 0 aromatic heterocycles. The highest BCUT2D eigenvalue weighted by atomic mass is 35.5. The van der Waals surface area contributed by atoms with Gasteiger partial charge in [-0.1, -0.05) is 29.8 Å². The van der Waals surface area contributed by atoms with Crippen LogP contribution >= 0.6 is 23.4 Å². The predicted octanol–water partition coefficient (Wildman–Crippen LogP) is 4.59. The zero-order valence-corrected chi connectivity index (χ0v) is 14.2. The molecule has 1 N–H and O–H groups in total. The van der Waals surface area contributed by atoms with Crippen molar-refractivity contribution < 1.29 is 9.59 Å². The van der Waals surface area contributed by atoms with Crippen molar-refractivity contribution in [2.24, 2.45) is 0 Å². The number of hydrogen-bond donors (Lipinski definition) is 1. The van der Waals surface area contributed by atoms with Crippen molar-refractivity contribution >= 4 is 45.9 Å². The number of carbonyl (C=O) groups is 2. The number of halogens is 1. The van der Waals surface area contributed by atoms with Gasteiger partial charge in [0, 0.05) is 10.7 Å². The first kappa shape index (κ1) is 15.9. The number of thioether (sulfide) groups is 1. The Kier molecular flexibility index (Phi) is 4.33. The summed E-state index contributed by atoms with van der Waals surface area (Å²) in [4.78, 5) is 26.0. The van der Waals surface area contributed by atoms with E-state index in [0.29, 0.717) is 16.4 Å². The molecule has 2 amide bonds. The SMILES string of the molecule is Cc1cccc(N2C(=O)SC(Nc3ccc(C)c(Cl)c3)C2=O)c1. The van der Waals surface area contributed by atoms with Gasteiger partial charge in [0.15, 0.2) is 5.37 Å². The molecular weight excluding hydrogens is 332 g/mol. The average Bonchev–Trinajstić information content (AvgIpc) is 2.77. The quantitative estimate of drug-likeness (QED) is 0.882. The Morgan fingerprint density at radius 2 is 1.91 bits per heavy atom. The van der Waals surface area contributed by atoms with Crippen LogP contribution in [0, 0.1) is 13.8 Å². The Morgan fingerprint density at radius 1 is 1.13 bits per heavy atom. The van der Waals surface area contributed by atoms with Gasteiger partial charge in [0.25, 0.3) is 11.1 Å². The van der Waals surface area contributed by atoms with E-state index in [0.717, 1.165) is 22.9 Å². The molecule has 1 fully saturated rings. The molecule has 118 valence electrons. The van der Waals surface area contributed by atoms with Gasteiger partial charge in [-0.3, -0.25) is 9.59 Å². The van der Waals surface area contributed by atoms with Crippen molar-refractivity contribution in [1.29, 1.82) is 0 Å². The van der Waals surface area contributed by atoms with E-state index in [9.17, 15) is 9.59 Å². The lowest BCUT2D eigenvalue weighted by Gasteiger charge is -2.15. The minimum atomic E-state index is -0.651. The normalized spacial score (nSPS) is 17.7. The van der Waals surface area contributed by atoms with Crippen LogP contribution in [0.5, 0.6) is 0 Å². The maximum atomic E-state index is 12.6. The molecule has 0 radical (unpaired) electrons. The van der Waals surface area contributed by atoms with Crippen LogP contribution in [-0.2, 0) is 4.79 Å². The smallest absolute Gasteiger partial charge is 0.295 e. The van der Waals surface area contributed by atoms with Crippen LogP contribution in [0.2, 0.25) is 5.02 Å². The average molecular weight is 347 g/mol. The van der Waals surface area contributed by atoms with Crippen molar-refractivity contribution in [3.63, 3.8) is 0 Å². The molecule has 1 heterocycles. The van der Waals surface area contributed by atoms with Crippen LogP contribution in [0.15, 0.2) is 42.5 Å². The summed E-state index contributed by atoms with van der Waals surface area (Å²) in [5.74, 6) is -0.276. The Hall–Kier alpha value is -1.98. The third-order valence-corrected chi connectivity index (χ3v) is 4.92. The number of carbonyl (C=O) groups excluding carboxylic acids is 2. The standard InChI is InChI=1S/C17H15ClN2O2S/c1-10-4-3-5-13(8-10)20-16(21)15(23-17(20)22)19-12-7-6-11(2)14(18)9-12/h3-9,15,19H,1-2H3. The van der Waals surface area contributed by atoms with Crippen LogP contribution in [0.4, 0.5) is 16.2 Å². The van der Waals surface area contributed by atoms with Gasteiger partial charge in [-0.2, -0.15) is 0 Å². The lowest BCUT2D eigenvalue weighted by molar-refractivity contribution is -0.116. The number of benzene rings is 2. The van der Waals surface area contributed by atoms with Crippen molar-refractivity contribution in [3.8, 4) is 0 Å². The summed E-state index contributed by atoms with van der Waals surface area (Å²) < 4.78 is 0. The molecular formula is C17H15ClN2O2S. The zero-order valence-electron chi connectivity index (χ0n) is 12.7. The summed E-state index contributed by atoms with van der Waals surface area (Å²) in [6.45, 7) is 3.83. The lowest BCUT2D eigenvalue weighted by atomic mass is 10.2. The number of anilines is 2. The summed E-state index contributed by atoms with van der Waals surface area (Å²) in [6.07, 6.45) is 0. The van der Waals surface area contributed by atoms with Crippen molar-refractivity contribution in [3.05, 3.63) is 58.6 Å². The molecule has 1 atom stereocenters. The van der Waals surface area contributed by atoms with E-state index in [2.05, 4.69) is 5.32 Å². The first-order valence-electron chi connectivity index (χ1n) is 7.09. The molecule has 0 aliphatic carbocycles. The van der Waals surface area contributed by atoms with Gasteiger partial charge >= 0.3 is 0 Å². The Morgan fingerprint density at radius 3 is 2.61 bits per heavy atom. The van der Waals surface area contributed by atoms with Crippen molar-refractivity contribution in [2.75, 3.05) is 10.2 Å². The van der Waals surface area contributed by atoms with E-state index in [-0.39, 0.29) is 11.1 Å². The van der Waals surface area contributed by atoms with E-state index in [1.807, 2.05) is 44.2 Å². The highest BCUT2D eigenvalue weighted by Crippen LogP contribution is 2.33. The Labute approximate surface area is 143 Å². The van der Waals surface area contributed by atoms with Crippen LogP contribution in [0.1, 0.15) is 11.1 Å². The highest BCUT2D eigenvalue weighted by molar-refractivity contribution is 8.16. The van der Waals surface area contributed by atoms with Gasteiger partial charge in [-0.15, -0.1) is 0 Å². The minimum absolute atomic E-state index is 0.276.